The minimum atomic E-state index is -3.01. The molecular formula is C22H19F2N3O3. The summed E-state index contributed by atoms with van der Waals surface area (Å²) in [5.41, 5.74) is 0.455. The molecule has 0 bridgehead atoms. The third-order valence-electron chi connectivity index (χ3n) is 5.06. The maximum atomic E-state index is 13.0. The number of ether oxygens (including phenoxy) is 1. The molecule has 2 amide bonds. The van der Waals surface area contributed by atoms with E-state index in [9.17, 15) is 18.4 Å². The molecule has 8 heteroatoms. The number of benzene rings is 2. The summed E-state index contributed by atoms with van der Waals surface area (Å²) in [6, 6.07) is 15.3. The van der Waals surface area contributed by atoms with Crippen LogP contribution in [0.3, 0.4) is 0 Å². The van der Waals surface area contributed by atoms with Crippen LogP contribution in [0.2, 0.25) is 0 Å². The molecule has 1 fully saturated rings. The van der Waals surface area contributed by atoms with Crippen molar-refractivity contribution in [2.24, 2.45) is 0 Å². The van der Waals surface area contributed by atoms with Gasteiger partial charge in [-0.15, -0.1) is 0 Å². The van der Waals surface area contributed by atoms with E-state index in [-0.39, 0.29) is 17.2 Å². The first-order valence-electron chi connectivity index (χ1n) is 9.51. The van der Waals surface area contributed by atoms with Gasteiger partial charge in [0.05, 0.1) is 5.56 Å². The Bertz CT molecular complexity index is 1080. The first-order chi connectivity index (χ1) is 14.5. The molecule has 1 saturated heterocycles. The Labute approximate surface area is 171 Å². The number of para-hydroxylation sites is 1. The van der Waals surface area contributed by atoms with Crippen LogP contribution in [-0.2, 0) is 0 Å². The highest BCUT2D eigenvalue weighted by Crippen LogP contribution is 2.23. The smallest absolute Gasteiger partial charge is 0.387 e. The molecule has 2 heterocycles. The Hall–Kier alpha value is -3.55. The fourth-order valence-electron chi connectivity index (χ4n) is 3.56. The molecule has 6 nitrogen and oxygen atoms in total. The van der Waals surface area contributed by atoms with Crippen molar-refractivity contribution in [3.8, 4) is 5.75 Å². The number of fused-ring (bicyclic) bond motifs is 1. The second-order valence-electron chi connectivity index (χ2n) is 6.84. The molecule has 0 atom stereocenters. The van der Waals surface area contributed by atoms with Crippen LogP contribution >= 0.6 is 0 Å². The molecule has 154 valence electrons. The van der Waals surface area contributed by atoms with E-state index < -0.39 is 12.5 Å². The maximum absolute atomic E-state index is 13.0. The van der Waals surface area contributed by atoms with Gasteiger partial charge in [-0.25, -0.2) is 0 Å². The molecule has 4 rings (SSSR count). The van der Waals surface area contributed by atoms with Crippen LogP contribution in [0.4, 0.5) is 8.78 Å². The lowest BCUT2D eigenvalue weighted by Gasteiger charge is -2.35. The minimum Gasteiger partial charge on any atom is -0.434 e. The van der Waals surface area contributed by atoms with Gasteiger partial charge in [-0.05, 0) is 23.6 Å². The predicted molar refractivity (Wildman–Crippen MR) is 107 cm³/mol. The summed E-state index contributed by atoms with van der Waals surface area (Å²) in [6.07, 6.45) is 1.61. The average Bonchev–Trinajstić information content (AvgIpc) is 2.78. The molecule has 0 unspecified atom stereocenters. The number of aromatic nitrogens is 1. The lowest BCUT2D eigenvalue weighted by Crippen LogP contribution is -2.50. The van der Waals surface area contributed by atoms with Gasteiger partial charge in [-0.2, -0.15) is 8.78 Å². The second-order valence-corrected chi connectivity index (χ2v) is 6.84. The molecule has 0 radical (unpaired) electrons. The lowest BCUT2D eigenvalue weighted by molar-refractivity contribution is -0.0503. The van der Waals surface area contributed by atoms with E-state index in [0.717, 1.165) is 10.8 Å². The van der Waals surface area contributed by atoms with Gasteiger partial charge in [0.2, 0.25) is 0 Å². The molecule has 30 heavy (non-hydrogen) atoms. The molecule has 1 aliphatic rings. The highest BCUT2D eigenvalue weighted by molar-refractivity contribution is 6.05. The monoisotopic (exact) mass is 411 g/mol. The number of carbonyl (C=O) groups is 2. The third kappa shape index (κ3) is 3.94. The molecule has 0 aliphatic carbocycles. The van der Waals surface area contributed by atoms with Crippen LogP contribution in [0.1, 0.15) is 20.8 Å². The number of carbonyl (C=O) groups excluding carboxylic acids is 2. The average molecular weight is 411 g/mol. The molecular weight excluding hydrogens is 392 g/mol. The number of rotatable bonds is 4. The lowest BCUT2D eigenvalue weighted by atomic mass is 10.1. The highest BCUT2D eigenvalue weighted by atomic mass is 19.3. The Kier molecular flexibility index (Phi) is 5.56. The van der Waals surface area contributed by atoms with Crippen LogP contribution in [0, 0.1) is 0 Å². The summed E-state index contributed by atoms with van der Waals surface area (Å²) in [6.45, 7) is -1.78. The quantitative estimate of drug-likeness (QED) is 0.660. The van der Waals surface area contributed by atoms with Crippen molar-refractivity contribution >= 4 is 22.6 Å². The Morgan fingerprint density at radius 2 is 1.50 bits per heavy atom. The van der Waals surface area contributed by atoms with E-state index >= 15 is 0 Å². The van der Waals surface area contributed by atoms with E-state index in [2.05, 4.69) is 9.72 Å². The molecule has 3 aromatic rings. The van der Waals surface area contributed by atoms with Gasteiger partial charge in [0.15, 0.2) is 0 Å². The van der Waals surface area contributed by atoms with Crippen LogP contribution < -0.4 is 4.74 Å². The summed E-state index contributed by atoms with van der Waals surface area (Å²) < 4.78 is 29.7. The van der Waals surface area contributed by atoms with Crippen LogP contribution in [0.5, 0.6) is 5.75 Å². The number of piperazine rings is 1. The SMILES string of the molecule is O=C(c1ccccc1OC(F)F)N1CCN(C(=O)c2nccc3ccccc23)CC1. The number of halogens is 2. The maximum Gasteiger partial charge on any atom is 0.387 e. The van der Waals surface area contributed by atoms with E-state index in [1.807, 2.05) is 30.3 Å². The fourth-order valence-corrected chi connectivity index (χ4v) is 3.56. The van der Waals surface area contributed by atoms with E-state index in [1.54, 1.807) is 17.2 Å². The molecule has 1 aliphatic heterocycles. The van der Waals surface area contributed by atoms with Gasteiger partial charge in [-0.3, -0.25) is 14.6 Å². The summed E-state index contributed by atoms with van der Waals surface area (Å²) in [5.74, 6) is -0.752. The van der Waals surface area contributed by atoms with Crippen molar-refractivity contribution in [3.63, 3.8) is 0 Å². The molecule has 2 aromatic carbocycles. The number of pyridine rings is 1. The topological polar surface area (TPSA) is 62.7 Å². The van der Waals surface area contributed by atoms with Gasteiger partial charge < -0.3 is 14.5 Å². The van der Waals surface area contributed by atoms with Crippen LogP contribution in [0.25, 0.3) is 10.8 Å². The second kappa shape index (κ2) is 8.44. The number of hydrogen-bond acceptors (Lipinski definition) is 4. The number of nitrogens with zero attached hydrogens (tertiary/aromatic N) is 3. The van der Waals surface area contributed by atoms with Crippen molar-refractivity contribution in [2.45, 2.75) is 6.61 Å². The van der Waals surface area contributed by atoms with Gasteiger partial charge >= 0.3 is 6.61 Å². The van der Waals surface area contributed by atoms with Gasteiger partial charge in [0.1, 0.15) is 11.4 Å². The zero-order valence-corrected chi connectivity index (χ0v) is 16.0. The van der Waals surface area contributed by atoms with Crippen molar-refractivity contribution in [2.75, 3.05) is 26.2 Å². The van der Waals surface area contributed by atoms with Gasteiger partial charge in [-0.1, -0.05) is 36.4 Å². The fraction of sp³-hybridized carbons (Fsp3) is 0.227. The molecule has 0 saturated carbocycles. The summed E-state index contributed by atoms with van der Waals surface area (Å²) in [7, 11) is 0. The Morgan fingerprint density at radius 3 is 2.23 bits per heavy atom. The minimum absolute atomic E-state index is 0.0771. The number of alkyl halides is 2. The zero-order chi connectivity index (χ0) is 21.1. The van der Waals surface area contributed by atoms with Crippen molar-refractivity contribution in [3.05, 3.63) is 72.1 Å². The summed E-state index contributed by atoms with van der Waals surface area (Å²) in [5, 5.41) is 1.71. The van der Waals surface area contributed by atoms with Crippen molar-refractivity contribution in [1.29, 1.82) is 0 Å². The normalized spacial score (nSPS) is 14.2. The predicted octanol–water partition coefficient (Wildman–Crippen LogP) is 3.43. The molecule has 0 N–H and O–H groups in total. The molecule has 1 aromatic heterocycles. The van der Waals surface area contributed by atoms with Gasteiger partial charge in [0.25, 0.3) is 11.8 Å². The van der Waals surface area contributed by atoms with Crippen LogP contribution in [0.15, 0.2) is 60.8 Å². The zero-order valence-electron chi connectivity index (χ0n) is 16.0. The third-order valence-corrected chi connectivity index (χ3v) is 5.06. The standard InChI is InChI=1S/C22H19F2N3O3/c23-22(24)30-18-8-4-3-7-17(18)20(28)26-11-13-27(14-12-26)21(29)19-16-6-2-1-5-15(16)9-10-25-19/h1-10,22H,11-14H2. The van der Waals surface area contributed by atoms with E-state index in [4.69, 9.17) is 0 Å². The summed E-state index contributed by atoms with van der Waals surface area (Å²) in [4.78, 5) is 33.3. The van der Waals surface area contributed by atoms with Crippen molar-refractivity contribution < 1.29 is 23.1 Å². The van der Waals surface area contributed by atoms with Crippen LogP contribution in [-0.4, -0.2) is 59.4 Å². The van der Waals surface area contributed by atoms with E-state index in [0.29, 0.717) is 31.9 Å². The first kappa shape index (κ1) is 19.8. The largest absolute Gasteiger partial charge is 0.434 e. The van der Waals surface area contributed by atoms with Crippen molar-refractivity contribution in [1.82, 2.24) is 14.8 Å². The van der Waals surface area contributed by atoms with E-state index in [1.165, 1.54) is 23.1 Å². The Morgan fingerprint density at radius 1 is 0.867 bits per heavy atom. The number of hydrogen-bond donors (Lipinski definition) is 0. The number of amides is 2. The summed E-state index contributed by atoms with van der Waals surface area (Å²) >= 11 is 0. The highest BCUT2D eigenvalue weighted by Gasteiger charge is 2.28. The first-order valence-corrected chi connectivity index (χ1v) is 9.51. The Balaban J connectivity index is 1.46. The molecule has 0 spiro atoms. The van der Waals surface area contributed by atoms with Gasteiger partial charge in [0, 0.05) is 37.8 Å².